The number of aliphatic hydroxyl groups is 1. The van der Waals surface area contributed by atoms with Gasteiger partial charge < -0.3 is 14.6 Å². The third-order valence-corrected chi connectivity index (χ3v) is 4.85. The van der Waals surface area contributed by atoms with Gasteiger partial charge in [0.1, 0.15) is 5.69 Å². The van der Waals surface area contributed by atoms with Crippen LogP contribution >= 0.6 is 15.9 Å². The Balaban J connectivity index is 2.12. The van der Waals surface area contributed by atoms with Crippen LogP contribution in [0.4, 0.5) is 0 Å². The van der Waals surface area contributed by atoms with Crippen molar-refractivity contribution in [3.05, 3.63) is 33.9 Å². The number of fused-ring (bicyclic) bond motifs is 3. The first-order valence-corrected chi connectivity index (χ1v) is 8.67. The van der Waals surface area contributed by atoms with Crippen molar-refractivity contribution in [3.8, 4) is 0 Å². The van der Waals surface area contributed by atoms with Gasteiger partial charge >= 0.3 is 0 Å². The highest BCUT2D eigenvalue weighted by molar-refractivity contribution is 9.10. The molecule has 2 aromatic rings. The quantitative estimate of drug-likeness (QED) is 0.885. The second-order valence-corrected chi connectivity index (χ2v) is 6.68. The van der Waals surface area contributed by atoms with Crippen LogP contribution in [0.5, 0.6) is 0 Å². The maximum atomic E-state index is 12.9. The van der Waals surface area contributed by atoms with Gasteiger partial charge in [-0.3, -0.25) is 4.79 Å². The molecule has 0 saturated carbocycles. The predicted octanol–water partition coefficient (Wildman–Crippen LogP) is 3.19. The highest BCUT2D eigenvalue weighted by Crippen LogP contribution is 2.32. The summed E-state index contributed by atoms with van der Waals surface area (Å²) in [5.41, 5.74) is 2.93. The molecule has 3 rings (SSSR count). The molecule has 118 valence electrons. The molecule has 0 spiro atoms. The number of aromatic nitrogens is 1. The zero-order chi connectivity index (χ0) is 15.7. The molecule has 1 aliphatic heterocycles. The van der Waals surface area contributed by atoms with Crippen molar-refractivity contribution in [2.75, 3.05) is 19.7 Å². The van der Waals surface area contributed by atoms with Crippen molar-refractivity contribution >= 4 is 32.7 Å². The van der Waals surface area contributed by atoms with Crippen molar-refractivity contribution in [1.82, 2.24) is 9.47 Å². The van der Waals surface area contributed by atoms with E-state index in [1.54, 1.807) is 0 Å². The van der Waals surface area contributed by atoms with Crippen LogP contribution in [0.25, 0.3) is 10.9 Å². The van der Waals surface area contributed by atoms with E-state index >= 15 is 0 Å². The van der Waals surface area contributed by atoms with Gasteiger partial charge in [0.25, 0.3) is 5.91 Å². The van der Waals surface area contributed by atoms with Gasteiger partial charge in [-0.2, -0.15) is 0 Å². The molecular weight excluding hydrogens is 344 g/mol. The Morgan fingerprint density at radius 1 is 1.32 bits per heavy atom. The summed E-state index contributed by atoms with van der Waals surface area (Å²) in [7, 11) is 0. The molecule has 1 aromatic carbocycles. The highest BCUT2D eigenvalue weighted by atomic mass is 79.9. The predicted molar refractivity (Wildman–Crippen MR) is 91.2 cm³/mol. The van der Waals surface area contributed by atoms with Crippen molar-refractivity contribution in [2.24, 2.45) is 0 Å². The van der Waals surface area contributed by atoms with Crippen molar-refractivity contribution in [1.29, 1.82) is 0 Å². The number of rotatable bonds is 5. The first kappa shape index (κ1) is 15.6. The van der Waals surface area contributed by atoms with Gasteiger partial charge in [0.2, 0.25) is 0 Å². The van der Waals surface area contributed by atoms with Crippen LogP contribution in [0.3, 0.4) is 0 Å². The molecule has 0 radical (unpaired) electrons. The van der Waals surface area contributed by atoms with E-state index in [2.05, 4.69) is 28.9 Å². The van der Waals surface area contributed by atoms with E-state index in [0.29, 0.717) is 6.54 Å². The Bertz CT molecular complexity index is 708. The summed E-state index contributed by atoms with van der Waals surface area (Å²) in [6.07, 6.45) is 3.01. The van der Waals surface area contributed by atoms with Crippen LogP contribution in [0.1, 0.15) is 35.8 Å². The number of hydrogen-bond acceptors (Lipinski definition) is 2. The lowest BCUT2D eigenvalue weighted by Gasteiger charge is -2.28. The van der Waals surface area contributed by atoms with Gasteiger partial charge in [-0.25, -0.2) is 0 Å². The number of carbonyl (C=O) groups is 1. The average molecular weight is 365 g/mol. The molecule has 1 aliphatic rings. The van der Waals surface area contributed by atoms with Crippen LogP contribution in [-0.4, -0.2) is 40.2 Å². The molecule has 0 bridgehead atoms. The monoisotopic (exact) mass is 364 g/mol. The topological polar surface area (TPSA) is 45.5 Å². The van der Waals surface area contributed by atoms with Crippen LogP contribution < -0.4 is 0 Å². The summed E-state index contributed by atoms with van der Waals surface area (Å²) in [5.74, 6) is 0.107. The SMILES string of the molecule is CCCCN1CCc2c(n(CCO)c3ccc(Br)cc23)C1=O. The van der Waals surface area contributed by atoms with Gasteiger partial charge in [0.15, 0.2) is 0 Å². The average Bonchev–Trinajstić information content (AvgIpc) is 2.81. The van der Waals surface area contributed by atoms with Gasteiger partial charge in [-0.15, -0.1) is 0 Å². The first-order valence-electron chi connectivity index (χ1n) is 7.88. The van der Waals surface area contributed by atoms with E-state index in [0.717, 1.165) is 59.0 Å². The Morgan fingerprint density at radius 3 is 2.86 bits per heavy atom. The minimum atomic E-state index is 0.0362. The zero-order valence-corrected chi connectivity index (χ0v) is 14.4. The molecule has 22 heavy (non-hydrogen) atoms. The second-order valence-electron chi connectivity index (χ2n) is 5.76. The van der Waals surface area contributed by atoms with Crippen LogP contribution in [0.15, 0.2) is 22.7 Å². The Labute approximate surface area is 138 Å². The molecule has 0 atom stereocenters. The van der Waals surface area contributed by atoms with Crippen LogP contribution in [0, 0.1) is 0 Å². The maximum absolute atomic E-state index is 12.9. The third kappa shape index (κ3) is 2.57. The number of halogens is 1. The number of carbonyl (C=O) groups excluding carboxylic acids is 1. The summed E-state index contributed by atoms with van der Waals surface area (Å²) in [4.78, 5) is 14.8. The fraction of sp³-hybridized carbons (Fsp3) is 0.471. The molecule has 0 saturated heterocycles. The molecule has 0 aliphatic carbocycles. The molecule has 1 amide bonds. The fourth-order valence-electron chi connectivity index (χ4n) is 3.29. The standard InChI is InChI=1S/C17H21BrN2O2/c1-2-3-7-19-8-6-13-14-11-12(18)4-5-15(14)20(9-10-21)16(13)17(19)22/h4-5,11,21H,2-3,6-10H2,1H3. The van der Waals surface area contributed by atoms with Gasteiger partial charge in [0.05, 0.1) is 6.61 Å². The lowest BCUT2D eigenvalue weighted by atomic mass is 10.0. The molecule has 2 heterocycles. The molecule has 1 N–H and O–H groups in total. The number of aliphatic hydroxyl groups excluding tert-OH is 1. The maximum Gasteiger partial charge on any atom is 0.270 e. The fourth-order valence-corrected chi connectivity index (χ4v) is 3.65. The van der Waals surface area contributed by atoms with E-state index in [1.165, 1.54) is 0 Å². The van der Waals surface area contributed by atoms with Crippen LogP contribution in [-0.2, 0) is 13.0 Å². The molecule has 0 fully saturated rings. The van der Waals surface area contributed by atoms with E-state index in [-0.39, 0.29) is 12.5 Å². The second kappa shape index (κ2) is 6.42. The van der Waals surface area contributed by atoms with Crippen LogP contribution in [0.2, 0.25) is 0 Å². The smallest absolute Gasteiger partial charge is 0.270 e. The summed E-state index contributed by atoms with van der Waals surface area (Å²) in [6, 6.07) is 6.09. The summed E-state index contributed by atoms with van der Waals surface area (Å²) in [6.45, 7) is 4.24. The number of unbranched alkanes of at least 4 members (excludes halogenated alkanes) is 1. The number of hydrogen-bond donors (Lipinski definition) is 1. The number of benzene rings is 1. The van der Waals surface area contributed by atoms with Gasteiger partial charge in [-0.05, 0) is 36.6 Å². The lowest BCUT2D eigenvalue weighted by Crippen LogP contribution is -2.39. The normalized spacial score (nSPS) is 14.7. The summed E-state index contributed by atoms with van der Waals surface area (Å²) >= 11 is 3.52. The molecule has 1 aromatic heterocycles. The number of nitrogens with zero attached hydrogens (tertiary/aromatic N) is 2. The van der Waals surface area contributed by atoms with Crippen molar-refractivity contribution in [2.45, 2.75) is 32.7 Å². The number of amides is 1. The first-order chi connectivity index (χ1) is 10.7. The highest BCUT2D eigenvalue weighted by Gasteiger charge is 2.30. The van der Waals surface area contributed by atoms with Crippen molar-refractivity contribution < 1.29 is 9.90 Å². The van der Waals surface area contributed by atoms with E-state index in [1.807, 2.05) is 21.6 Å². The largest absolute Gasteiger partial charge is 0.395 e. The minimum absolute atomic E-state index is 0.0362. The third-order valence-electron chi connectivity index (χ3n) is 4.36. The Hall–Kier alpha value is -1.33. The van der Waals surface area contributed by atoms with Gasteiger partial charge in [-0.1, -0.05) is 29.3 Å². The summed E-state index contributed by atoms with van der Waals surface area (Å²) < 4.78 is 3.00. The molecule has 4 nitrogen and oxygen atoms in total. The Morgan fingerprint density at radius 2 is 2.14 bits per heavy atom. The van der Waals surface area contributed by atoms with Crippen molar-refractivity contribution in [3.63, 3.8) is 0 Å². The Kier molecular flexibility index (Phi) is 4.54. The minimum Gasteiger partial charge on any atom is -0.395 e. The van der Waals surface area contributed by atoms with E-state index in [4.69, 9.17) is 0 Å². The molecule has 0 unspecified atom stereocenters. The van der Waals surface area contributed by atoms with E-state index < -0.39 is 0 Å². The lowest BCUT2D eigenvalue weighted by molar-refractivity contribution is 0.0725. The summed E-state index contributed by atoms with van der Waals surface area (Å²) in [5, 5.41) is 10.5. The van der Waals surface area contributed by atoms with Gasteiger partial charge in [0, 0.05) is 35.0 Å². The zero-order valence-electron chi connectivity index (χ0n) is 12.8. The molecule has 5 heteroatoms. The molecular formula is C17H21BrN2O2. The van der Waals surface area contributed by atoms with E-state index in [9.17, 15) is 9.90 Å².